The lowest BCUT2D eigenvalue weighted by Gasteiger charge is -2.16. The van der Waals surface area contributed by atoms with Crippen molar-refractivity contribution < 1.29 is 23.5 Å². The number of halogens is 3. The van der Waals surface area contributed by atoms with E-state index in [1.165, 1.54) is 19.1 Å². The van der Waals surface area contributed by atoms with Gasteiger partial charge in [0.25, 0.3) is 11.5 Å². The van der Waals surface area contributed by atoms with Crippen molar-refractivity contribution in [2.24, 2.45) is 0 Å². The lowest BCUT2D eigenvalue weighted by molar-refractivity contribution is -0.00688. The van der Waals surface area contributed by atoms with Gasteiger partial charge >= 0.3 is 0 Å². The molecule has 0 radical (unpaired) electrons. The second-order valence-electron chi connectivity index (χ2n) is 5.66. The Kier molecular flexibility index (Phi) is 7.05. The summed E-state index contributed by atoms with van der Waals surface area (Å²) in [5.74, 6) is -2.81. The number of rotatable bonds is 7. The van der Waals surface area contributed by atoms with Gasteiger partial charge in [-0.15, -0.1) is 0 Å². The van der Waals surface area contributed by atoms with Gasteiger partial charge < -0.3 is 15.0 Å². The van der Waals surface area contributed by atoms with E-state index in [0.717, 1.165) is 16.8 Å². The maximum atomic E-state index is 14.6. The summed E-state index contributed by atoms with van der Waals surface area (Å²) in [6.45, 7) is 2.99. The topological polar surface area (TPSA) is 92.6 Å². The molecule has 27 heavy (non-hydrogen) atoms. The molecule has 3 N–H and O–H groups in total. The molecule has 0 aliphatic carbocycles. The van der Waals surface area contributed by atoms with Crippen molar-refractivity contribution in [2.75, 3.05) is 11.9 Å². The lowest BCUT2D eigenvalue weighted by Crippen LogP contribution is -2.31. The highest BCUT2D eigenvalue weighted by atomic mass is 79.9. The Morgan fingerprint density at radius 1 is 1.41 bits per heavy atom. The van der Waals surface area contributed by atoms with Crippen molar-refractivity contribution in [3.63, 3.8) is 0 Å². The summed E-state index contributed by atoms with van der Waals surface area (Å²) in [7, 11) is 0. The summed E-state index contributed by atoms with van der Waals surface area (Å²) < 4.78 is 30.2. The number of hydrogen-bond acceptors (Lipinski definition) is 5. The zero-order valence-electron chi connectivity index (χ0n) is 14.6. The maximum Gasteiger partial charge on any atom is 0.288 e. The van der Waals surface area contributed by atoms with Gasteiger partial charge in [0.1, 0.15) is 12.4 Å². The highest BCUT2D eigenvalue weighted by Gasteiger charge is 2.22. The van der Waals surface area contributed by atoms with Gasteiger partial charge in [-0.3, -0.25) is 14.4 Å². The normalized spacial score (nSPS) is 11.9. The number of aromatic nitrogens is 1. The van der Waals surface area contributed by atoms with Crippen LogP contribution in [0.25, 0.3) is 0 Å². The van der Waals surface area contributed by atoms with Gasteiger partial charge in [0.15, 0.2) is 0 Å². The molecule has 0 fully saturated rings. The number of benzene rings is 1. The van der Waals surface area contributed by atoms with Gasteiger partial charge in [0.05, 0.1) is 23.0 Å². The lowest BCUT2D eigenvalue weighted by atomic mass is 10.2. The molecule has 0 aliphatic heterocycles. The number of anilines is 2. The largest absolute Gasteiger partial charge is 0.391 e. The molecule has 10 heteroatoms. The Bertz CT molecular complexity index is 902. The number of hydrogen-bond donors (Lipinski definition) is 3. The average Bonchev–Trinajstić information content (AvgIpc) is 2.60. The van der Waals surface area contributed by atoms with E-state index >= 15 is 0 Å². The minimum absolute atomic E-state index is 0.121. The van der Waals surface area contributed by atoms with Crippen LogP contribution in [0.15, 0.2) is 33.7 Å². The second kappa shape index (κ2) is 9.07. The first-order chi connectivity index (χ1) is 12.7. The fraction of sp³-hybridized carbons (Fsp3) is 0.294. The third-order valence-corrected chi connectivity index (χ3v) is 3.98. The molecule has 1 aromatic heterocycles. The first-order valence-electron chi connectivity index (χ1n) is 7.99. The van der Waals surface area contributed by atoms with Crippen LogP contribution < -0.4 is 16.4 Å². The number of aryl methyl sites for hydroxylation is 1. The summed E-state index contributed by atoms with van der Waals surface area (Å²) in [6, 6.07) is 4.00. The molecule has 1 aromatic carbocycles. The minimum Gasteiger partial charge on any atom is -0.391 e. The molecule has 0 saturated carbocycles. The highest BCUT2D eigenvalue weighted by Crippen LogP contribution is 2.26. The zero-order valence-corrected chi connectivity index (χ0v) is 16.1. The summed E-state index contributed by atoms with van der Waals surface area (Å²) in [5, 5.41) is 11.6. The standard InChI is InChI=1S/C17H18BrF2N3O4/c1-3-23-7-11(16(25)22-27-8-9(2)24)15(14(20)17(23)26)21-13-5-4-10(18)6-12(13)19/h4-7,9,21,24H,3,8H2,1-2H3,(H,22,25)/t9-/m0/s1. The molecule has 1 heterocycles. The molecule has 0 aliphatic rings. The van der Waals surface area contributed by atoms with Crippen molar-refractivity contribution in [2.45, 2.75) is 26.5 Å². The van der Waals surface area contributed by atoms with Crippen LogP contribution in [0.4, 0.5) is 20.2 Å². The van der Waals surface area contributed by atoms with Crippen LogP contribution in [0, 0.1) is 11.6 Å². The number of pyridine rings is 1. The summed E-state index contributed by atoms with van der Waals surface area (Å²) in [5.41, 5.74) is 0.232. The van der Waals surface area contributed by atoms with E-state index in [-0.39, 0.29) is 24.4 Å². The van der Waals surface area contributed by atoms with E-state index in [0.29, 0.717) is 4.47 Å². The molecule has 0 bridgehead atoms. The maximum absolute atomic E-state index is 14.6. The molecule has 2 rings (SSSR count). The Labute approximate surface area is 162 Å². The van der Waals surface area contributed by atoms with Crippen LogP contribution in [0.5, 0.6) is 0 Å². The fourth-order valence-corrected chi connectivity index (χ4v) is 2.50. The van der Waals surface area contributed by atoms with Crippen molar-refractivity contribution in [3.05, 3.63) is 56.4 Å². The molecule has 0 spiro atoms. The Morgan fingerprint density at radius 2 is 2.11 bits per heavy atom. The van der Waals surface area contributed by atoms with Crippen molar-refractivity contribution in [3.8, 4) is 0 Å². The first kappa shape index (κ1) is 21.0. The third-order valence-electron chi connectivity index (χ3n) is 3.49. The van der Waals surface area contributed by atoms with Crippen LogP contribution in [-0.2, 0) is 11.4 Å². The number of carbonyl (C=O) groups is 1. The minimum atomic E-state index is -1.23. The predicted molar refractivity (Wildman–Crippen MR) is 98.8 cm³/mol. The number of nitrogens with one attached hydrogen (secondary N) is 2. The average molecular weight is 446 g/mol. The van der Waals surface area contributed by atoms with Crippen molar-refractivity contribution in [1.29, 1.82) is 0 Å². The Morgan fingerprint density at radius 3 is 2.70 bits per heavy atom. The predicted octanol–water partition coefficient (Wildman–Crippen LogP) is 2.69. The van der Waals surface area contributed by atoms with Crippen LogP contribution in [0.1, 0.15) is 24.2 Å². The second-order valence-corrected chi connectivity index (χ2v) is 6.58. The number of carbonyl (C=O) groups excluding carboxylic acids is 1. The number of aliphatic hydroxyl groups excluding tert-OH is 1. The monoisotopic (exact) mass is 445 g/mol. The molecule has 146 valence electrons. The summed E-state index contributed by atoms with van der Waals surface area (Å²) >= 11 is 3.11. The number of hydroxylamine groups is 1. The van der Waals surface area contributed by atoms with Crippen molar-refractivity contribution in [1.82, 2.24) is 10.0 Å². The molecule has 2 aromatic rings. The number of amides is 1. The van der Waals surface area contributed by atoms with E-state index in [1.807, 2.05) is 0 Å². The molecular formula is C17H18BrF2N3O4. The number of nitrogens with zero attached hydrogens (tertiary/aromatic N) is 1. The Balaban J connectivity index is 2.45. The van der Waals surface area contributed by atoms with Gasteiger partial charge in [0.2, 0.25) is 5.82 Å². The van der Waals surface area contributed by atoms with Crippen molar-refractivity contribution >= 4 is 33.2 Å². The van der Waals surface area contributed by atoms with Crippen LogP contribution in [0.2, 0.25) is 0 Å². The third kappa shape index (κ3) is 5.12. The first-order valence-corrected chi connectivity index (χ1v) is 8.79. The van der Waals surface area contributed by atoms with Crippen LogP contribution in [-0.4, -0.2) is 28.3 Å². The van der Waals surface area contributed by atoms with Gasteiger partial charge in [-0.2, -0.15) is 4.39 Å². The van der Waals surface area contributed by atoms with E-state index in [2.05, 4.69) is 26.7 Å². The number of aliphatic hydroxyl groups is 1. The van der Waals surface area contributed by atoms with Crippen LogP contribution in [0.3, 0.4) is 0 Å². The smallest absolute Gasteiger partial charge is 0.288 e. The van der Waals surface area contributed by atoms with Gasteiger partial charge in [-0.05, 0) is 32.0 Å². The van der Waals surface area contributed by atoms with E-state index in [4.69, 9.17) is 9.94 Å². The molecule has 0 unspecified atom stereocenters. The molecule has 0 saturated heterocycles. The fourth-order valence-electron chi connectivity index (χ4n) is 2.17. The SMILES string of the molecule is CCn1cc(C(=O)NOC[C@H](C)O)c(Nc2ccc(Br)cc2F)c(F)c1=O. The Hall–Kier alpha value is -2.30. The quantitative estimate of drug-likeness (QED) is 0.569. The van der Waals surface area contributed by atoms with E-state index < -0.39 is 34.9 Å². The van der Waals surface area contributed by atoms with E-state index in [9.17, 15) is 18.4 Å². The van der Waals surface area contributed by atoms with E-state index in [1.54, 1.807) is 6.92 Å². The van der Waals surface area contributed by atoms with Gasteiger partial charge in [0, 0.05) is 17.2 Å². The summed E-state index contributed by atoms with van der Waals surface area (Å²) in [6.07, 6.45) is 0.312. The summed E-state index contributed by atoms with van der Waals surface area (Å²) in [4.78, 5) is 29.3. The van der Waals surface area contributed by atoms with Crippen LogP contribution >= 0.6 is 15.9 Å². The van der Waals surface area contributed by atoms with Gasteiger partial charge in [-0.25, -0.2) is 9.87 Å². The molecular weight excluding hydrogens is 428 g/mol. The molecule has 7 nitrogen and oxygen atoms in total. The molecule has 1 atom stereocenters. The highest BCUT2D eigenvalue weighted by molar-refractivity contribution is 9.10. The zero-order chi connectivity index (χ0) is 20.1. The molecule has 1 amide bonds. The van der Waals surface area contributed by atoms with Gasteiger partial charge in [-0.1, -0.05) is 15.9 Å².